The van der Waals surface area contributed by atoms with Crippen molar-refractivity contribution in [3.63, 3.8) is 0 Å². The number of aromatic amines is 1. The van der Waals surface area contributed by atoms with Crippen molar-refractivity contribution < 1.29 is 0 Å². The molecule has 0 fully saturated rings. The summed E-state index contributed by atoms with van der Waals surface area (Å²) in [6.07, 6.45) is 0. The molecule has 0 bridgehead atoms. The third-order valence-corrected chi connectivity index (χ3v) is 3.63. The number of nitrogens with one attached hydrogen (secondary N) is 1. The molecule has 1 atom stereocenters. The van der Waals surface area contributed by atoms with Crippen LogP contribution in [0, 0.1) is 6.92 Å². The molecule has 3 rings (SSSR count). The van der Waals surface area contributed by atoms with Crippen molar-refractivity contribution in [2.45, 2.75) is 19.9 Å². The molecule has 0 aliphatic heterocycles. The highest BCUT2D eigenvalue weighted by Crippen LogP contribution is 2.21. The average molecular weight is 303 g/mol. The third-order valence-electron chi connectivity index (χ3n) is 3.40. The van der Waals surface area contributed by atoms with Gasteiger partial charge in [0.15, 0.2) is 5.82 Å². The lowest BCUT2D eigenvalue weighted by molar-refractivity contribution is 0.724. The van der Waals surface area contributed by atoms with E-state index in [1.807, 2.05) is 32.0 Å². The summed E-state index contributed by atoms with van der Waals surface area (Å²) in [6.45, 7) is 3.72. The van der Waals surface area contributed by atoms with Crippen LogP contribution >= 0.6 is 11.6 Å². The molecule has 5 nitrogen and oxygen atoms in total. The molecule has 0 saturated heterocycles. The van der Waals surface area contributed by atoms with Crippen molar-refractivity contribution in [3.05, 3.63) is 57.1 Å². The standard InChI is InChI=1S/C15H15ClN4O/c1-8-5-14(19-18-8)20-13(9(2)17)6-10-3-4-11(16)7-12(10)15(20)21/h3-7,9H,17H2,1-2H3,(H,18,19)/t9-/m0/s1. The van der Waals surface area contributed by atoms with Gasteiger partial charge in [0.05, 0.1) is 0 Å². The second-order valence-electron chi connectivity index (χ2n) is 5.14. The maximum atomic E-state index is 12.8. The molecule has 0 amide bonds. The molecule has 0 unspecified atom stereocenters. The van der Waals surface area contributed by atoms with E-state index in [0.29, 0.717) is 21.9 Å². The number of halogens is 1. The highest BCUT2D eigenvalue weighted by atomic mass is 35.5. The lowest BCUT2D eigenvalue weighted by Gasteiger charge is -2.15. The normalized spacial score (nSPS) is 12.8. The molecule has 0 radical (unpaired) electrons. The molecule has 6 heteroatoms. The Labute approximate surface area is 126 Å². The van der Waals surface area contributed by atoms with Gasteiger partial charge < -0.3 is 5.73 Å². The van der Waals surface area contributed by atoms with Crippen LogP contribution in [0.5, 0.6) is 0 Å². The quantitative estimate of drug-likeness (QED) is 0.764. The van der Waals surface area contributed by atoms with Crippen LogP contribution in [0.15, 0.2) is 35.1 Å². The summed E-state index contributed by atoms with van der Waals surface area (Å²) < 4.78 is 1.53. The van der Waals surface area contributed by atoms with E-state index in [1.165, 1.54) is 4.57 Å². The number of hydrogen-bond donors (Lipinski definition) is 2. The highest BCUT2D eigenvalue weighted by Gasteiger charge is 2.15. The Morgan fingerprint density at radius 1 is 1.33 bits per heavy atom. The van der Waals surface area contributed by atoms with E-state index < -0.39 is 0 Å². The Kier molecular flexibility index (Phi) is 3.31. The van der Waals surface area contributed by atoms with Crippen LogP contribution in [0.25, 0.3) is 16.6 Å². The predicted octanol–water partition coefficient (Wildman–Crippen LogP) is 2.70. The molecule has 3 N–H and O–H groups in total. The van der Waals surface area contributed by atoms with Gasteiger partial charge in [-0.1, -0.05) is 17.7 Å². The fourth-order valence-corrected chi connectivity index (χ4v) is 2.56. The van der Waals surface area contributed by atoms with E-state index in [-0.39, 0.29) is 11.6 Å². The first-order chi connectivity index (χ1) is 9.97. The predicted molar refractivity (Wildman–Crippen MR) is 84.0 cm³/mol. The minimum atomic E-state index is -0.296. The lowest BCUT2D eigenvalue weighted by atomic mass is 10.1. The van der Waals surface area contributed by atoms with Crippen LogP contribution in [-0.4, -0.2) is 14.8 Å². The van der Waals surface area contributed by atoms with Crippen molar-refractivity contribution in [3.8, 4) is 5.82 Å². The molecule has 108 valence electrons. The fourth-order valence-electron chi connectivity index (χ4n) is 2.39. The van der Waals surface area contributed by atoms with Gasteiger partial charge in [0, 0.05) is 33.9 Å². The third kappa shape index (κ3) is 2.34. The first-order valence-electron chi connectivity index (χ1n) is 6.60. The van der Waals surface area contributed by atoms with Gasteiger partial charge in [-0.2, -0.15) is 5.10 Å². The van der Waals surface area contributed by atoms with Gasteiger partial charge in [-0.05, 0) is 37.4 Å². The van der Waals surface area contributed by atoms with Crippen molar-refractivity contribution in [1.29, 1.82) is 0 Å². The van der Waals surface area contributed by atoms with E-state index in [4.69, 9.17) is 17.3 Å². The summed E-state index contributed by atoms with van der Waals surface area (Å²) in [7, 11) is 0. The molecule has 21 heavy (non-hydrogen) atoms. The van der Waals surface area contributed by atoms with E-state index >= 15 is 0 Å². The fraction of sp³-hybridized carbons (Fsp3) is 0.200. The number of H-pyrrole nitrogens is 1. The number of aryl methyl sites for hydroxylation is 1. The molecule has 0 saturated carbocycles. The second kappa shape index (κ2) is 5.02. The topological polar surface area (TPSA) is 76.7 Å². The zero-order valence-electron chi connectivity index (χ0n) is 11.7. The first kappa shape index (κ1) is 13.9. The smallest absolute Gasteiger partial charge is 0.264 e. The number of pyridine rings is 1. The van der Waals surface area contributed by atoms with Gasteiger partial charge in [0.1, 0.15) is 0 Å². The van der Waals surface area contributed by atoms with Crippen molar-refractivity contribution in [1.82, 2.24) is 14.8 Å². The van der Waals surface area contributed by atoms with E-state index in [1.54, 1.807) is 12.1 Å². The molecule has 0 spiro atoms. The maximum Gasteiger partial charge on any atom is 0.264 e. The number of benzene rings is 1. The van der Waals surface area contributed by atoms with Crippen LogP contribution in [0.3, 0.4) is 0 Å². The van der Waals surface area contributed by atoms with Crippen LogP contribution in [0.1, 0.15) is 24.4 Å². The monoisotopic (exact) mass is 302 g/mol. The number of nitrogens with two attached hydrogens (primary N) is 1. The molecule has 2 aromatic heterocycles. The number of rotatable bonds is 2. The Morgan fingerprint density at radius 3 is 2.71 bits per heavy atom. The average Bonchev–Trinajstić information content (AvgIpc) is 2.85. The van der Waals surface area contributed by atoms with Gasteiger partial charge >= 0.3 is 0 Å². The second-order valence-corrected chi connectivity index (χ2v) is 5.58. The number of aromatic nitrogens is 3. The molecule has 0 aliphatic rings. The molecular formula is C15H15ClN4O. The van der Waals surface area contributed by atoms with E-state index in [9.17, 15) is 4.79 Å². The summed E-state index contributed by atoms with van der Waals surface area (Å²) >= 11 is 6.00. The SMILES string of the molecule is Cc1cc(-n2c([C@H](C)N)cc3ccc(Cl)cc3c2=O)n[nH]1. The van der Waals surface area contributed by atoms with Gasteiger partial charge in [-0.15, -0.1) is 0 Å². The zero-order chi connectivity index (χ0) is 15.1. The highest BCUT2D eigenvalue weighted by molar-refractivity contribution is 6.31. The van der Waals surface area contributed by atoms with Gasteiger partial charge in [0.2, 0.25) is 0 Å². The molecule has 0 aliphatic carbocycles. The summed E-state index contributed by atoms with van der Waals surface area (Å²) in [5.74, 6) is 0.534. The number of nitrogens with zero attached hydrogens (tertiary/aromatic N) is 2. The molecular weight excluding hydrogens is 288 g/mol. The van der Waals surface area contributed by atoms with E-state index in [2.05, 4.69) is 10.2 Å². The minimum Gasteiger partial charge on any atom is -0.323 e. The van der Waals surface area contributed by atoms with Gasteiger partial charge in [-0.25, -0.2) is 0 Å². The Balaban J connectivity index is 2.42. The van der Waals surface area contributed by atoms with Crippen LogP contribution in [0.2, 0.25) is 5.02 Å². The Hall–Kier alpha value is -2.11. The summed E-state index contributed by atoms with van der Waals surface area (Å²) in [4.78, 5) is 12.8. The van der Waals surface area contributed by atoms with Gasteiger partial charge in [0.25, 0.3) is 5.56 Å². The minimum absolute atomic E-state index is 0.172. The Morgan fingerprint density at radius 2 is 2.10 bits per heavy atom. The summed E-state index contributed by atoms with van der Waals surface area (Å²) in [6, 6.07) is 8.67. The largest absolute Gasteiger partial charge is 0.323 e. The first-order valence-corrected chi connectivity index (χ1v) is 6.98. The molecule has 1 aromatic carbocycles. The lowest BCUT2D eigenvalue weighted by Crippen LogP contribution is -2.26. The van der Waals surface area contributed by atoms with Crippen molar-refractivity contribution in [2.24, 2.45) is 5.73 Å². The molecule has 3 aromatic rings. The summed E-state index contributed by atoms with van der Waals surface area (Å²) in [5, 5.41) is 8.91. The maximum absolute atomic E-state index is 12.8. The van der Waals surface area contributed by atoms with E-state index in [0.717, 1.165) is 11.1 Å². The zero-order valence-corrected chi connectivity index (χ0v) is 12.5. The van der Waals surface area contributed by atoms with Crippen LogP contribution in [0.4, 0.5) is 0 Å². The van der Waals surface area contributed by atoms with Crippen LogP contribution in [-0.2, 0) is 0 Å². The molecule has 2 heterocycles. The van der Waals surface area contributed by atoms with Crippen LogP contribution < -0.4 is 11.3 Å². The number of fused-ring (bicyclic) bond motifs is 1. The number of hydrogen-bond acceptors (Lipinski definition) is 3. The van der Waals surface area contributed by atoms with Crippen molar-refractivity contribution >= 4 is 22.4 Å². The Bertz CT molecular complexity index is 879. The van der Waals surface area contributed by atoms with Gasteiger partial charge in [-0.3, -0.25) is 14.5 Å². The summed E-state index contributed by atoms with van der Waals surface area (Å²) in [5.41, 5.74) is 7.44. The van der Waals surface area contributed by atoms with Crippen molar-refractivity contribution in [2.75, 3.05) is 0 Å².